The van der Waals surface area contributed by atoms with E-state index in [1.54, 1.807) is 24.3 Å². The highest BCUT2D eigenvalue weighted by Gasteiger charge is 2.34. The van der Waals surface area contributed by atoms with Gasteiger partial charge >= 0.3 is 11.9 Å². The number of carboxylic acids is 1. The number of hydrogen-bond acceptors (Lipinski definition) is 7. The second-order valence-electron chi connectivity index (χ2n) is 3.97. The number of hydrogen-bond donors (Lipinski definition) is 2. The number of benzene rings is 1. The quantitative estimate of drug-likeness (QED) is 0.611. The Morgan fingerprint density at radius 2 is 2.00 bits per heavy atom. The van der Waals surface area contributed by atoms with Gasteiger partial charge < -0.3 is 9.84 Å². The van der Waals surface area contributed by atoms with Gasteiger partial charge in [-0.1, -0.05) is 23.5 Å². The minimum Gasteiger partial charge on any atom is -0.480 e. The summed E-state index contributed by atoms with van der Waals surface area (Å²) in [5, 5.41) is 6.39. The van der Waals surface area contributed by atoms with E-state index in [-0.39, 0.29) is 5.19 Å². The second kappa shape index (κ2) is 5.76. The molecule has 1 aromatic heterocycles. The number of thiazole rings is 1. The van der Waals surface area contributed by atoms with Crippen LogP contribution in [0.4, 0.5) is 0 Å². The highest BCUT2D eigenvalue weighted by molar-refractivity contribution is 7.87. The highest BCUT2D eigenvalue weighted by atomic mass is 32.2. The third kappa shape index (κ3) is 3.74. The van der Waals surface area contributed by atoms with Crippen LogP contribution in [-0.2, 0) is 19.7 Å². The van der Waals surface area contributed by atoms with Crippen LogP contribution in [0.1, 0.15) is 6.42 Å². The lowest BCUT2D eigenvalue weighted by atomic mass is 10.3. The number of fused-ring (bicyclic) bond motifs is 1. The third-order valence-electron chi connectivity index (χ3n) is 2.46. The van der Waals surface area contributed by atoms with E-state index in [0.29, 0.717) is 5.52 Å². The standard InChI is InChI=1S/C11H9NO7S2/c13-9(5-8(10(14)15)21(16,17)18)19-11-12-6-3-1-2-4-7(6)20-11/h1-4,8H,5H2,(H,14,15)(H,16,17,18). The van der Waals surface area contributed by atoms with Gasteiger partial charge in [-0.3, -0.25) is 14.1 Å². The Bertz CT molecular complexity index is 763. The molecule has 1 heterocycles. The van der Waals surface area contributed by atoms with E-state index < -0.39 is 33.7 Å². The summed E-state index contributed by atoms with van der Waals surface area (Å²) >= 11 is 1.06. The summed E-state index contributed by atoms with van der Waals surface area (Å²) < 4.78 is 36.0. The van der Waals surface area contributed by atoms with Gasteiger partial charge in [0.1, 0.15) is 0 Å². The van der Waals surface area contributed by atoms with E-state index in [2.05, 4.69) is 4.98 Å². The number of para-hydroxylation sites is 1. The van der Waals surface area contributed by atoms with Crippen LogP contribution in [-0.4, -0.2) is 40.2 Å². The largest absolute Gasteiger partial charge is 0.480 e. The predicted octanol–water partition coefficient (Wildman–Crippen LogP) is 0.933. The molecule has 2 rings (SSSR count). The highest BCUT2D eigenvalue weighted by Crippen LogP contribution is 2.27. The monoisotopic (exact) mass is 331 g/mol. The summed E-state index contributed by atoms with van der Waals surface area (Å²) in [6, 6.07) is 6.96. The fraction of sp³-hybridized carbons (Fsp3) is 0.182. The van der Waals surface area contributed by atoms with Crippen molar-refractivity contribution in [1.29, 1.82) is 0 Å². The number of esters is 1. The zero-order valence-corrected chi connectivity index (χ0v) is 11.9. The Morgan fingerprint density at radius 1 is 1.33 bits per heavy atom. The van der Waals surface area contributed by atoms with Crippen LogP contribution in [0.3, 0.4) is 0 Å². The molecule has 8 nitrogen and oxygen atoms in total. The number of carbonyl (C=O) groups is 2. The van der Waals surface area contributed by atoms with Gasteiger partial charge in [0.05, 0.1) is 16.6 Å². The Hall–Kier alpha value is -2.04. The van der Waals surface area contributed by atoms with E-state index in [9.17, 15) is 18.0 Å². The molecule has 0 bridgehead atoms. The lowest BCUT2D eigenvalue weighted by Gasteiger charge is -2.07. The molecule has 112 valence electrons. The first kappa shape index (κ1) is 15.4. The predicted molar refractivity (Wildman–Crippen MR) is 72.8 cm³/mol. The first-order valence-electron chi connectivity index (χ1n) is 5.53. The molecule has 0 fully saturated rings. The van der Waals surface area contributed by atoms with Crippen LogP contribution in [0.5, 0.6) is 5.19 Å². The smallest absolute Gasteiger partial charge is 0.325 e. The van der Waals surface area contributed by atoms with E-state index in [0.717, 1.165) is 16.0 Å². The van der Waals surface area contributed by atoms with Gasteiger partial charge in [0.25, 0.3) is 15.3 Å². The van der Waals surface area contributed by atoms with Crippen LogP contribution < -0.4 is 4.74 Å². The third-order valence-corrected chi connectivity index (χ3v) is 4.46. The van der Waals surface area contributed by atoms with Crippen molar-refractivity contribution in [2.45, 2.75) is 11.7 Å². The maximum Gasteiger partial charge on any atom is 0.325 e. The Kier molecular flexibility index (Phi) is 4.21. The number of aliphatic carboxylic acids is 1. The Labute approximate surface area is 122 Å². The van der Waals surface area contributed by atoms with Crippen LogP contribution in [0.2, 0.25) is 0 Å². The summed E-state index contributed by atoms with van der Waals surface area (Å²) in [5.41, 5.74) is 0.592. The van der Waals surface area contributed by atoms with Crippen molar-refractivity contribution >= 4 is 43.6 Å². The maximum absolute atomic E-state index is 11.6. The van der Waals surface area contributed by atoms with Gasteiger partial charge in [-0.25, -0.2) is 4.98 Å². The lowest BCUT2D eigenvalue weighted by molar-refractivity contribution is -0.141. The van der Waals surface area contributed by atoms with Crippen LogP contribution in [0.15, 0.2) is 24.3 Å². The van der Waals surface area contributed by atoms with Crippen molar-refractivity contribution in [3.05, 3.63) is 24.3 Å². The number of carboxylic acid groups (broad SMARTS) is 1. The number of ether oxygens (including phenoxy) is 1. The molecule has 1 unspecified atom stereocenters. The van der Waals surface area contributed by atoms with E-state index >= 15 is 0 Å². The van der Waals surface area contributed by atoms with E-state index in [1.165, 1.54) is 0 Å². The first-order valence-corrected chi connectivity index (χ1v) is 7.84. The van der Waals surface area contributed by atoms with Gasteiger partial charge in [0, 0.05) is 0 Å². The molecule has 10 heteroatoms. The maximum atomic E-state index is 11.6. The van der Waals surface area contributed by atoms with E-state index in [4.69, 9.17) is 14.4 Å². The van der Waals surface area contributed by atoms with Crippen LogP contribution in [0, 0.1) is 0 Å². The molecule has 1 atom stereocenters. The Morgan fingerprint density at radius 3 is 2.57 bits per heavy atom. The number of aromatic nitrogens is 1. The van der Waals surface area contributed by atoms with Gasteiger partial charge in [0.15, 0.2) is 5.25 Å². The SMILES string of the molecule is O=C(CC(C(=O)O)S(=O)(=O)O)Oc1nc2ccccc2s1. The molecule has 0 radical (unpaired) electrons. The van der Waals surface area contributed by atoms with Crippen molar-refractivity contribution in [3.8, 4) is 5.19 Å². The van der Waals surface area contributed by atoms with E-state index in [1.807, 2.05) is 0 Å². The molecule has 1 aromatic carbocycles. The van der Waals surface area contributed by atoms with Gasteiger partial charge in [0.2, 0.25) is 0 Å². The minimum atomic E-state index is -4.89. The topological polar surface area (TPSA) is 131 Å². The van der Waals surface area contributed by atoms with Gasteiger partial charge in [-0.2, -0.15) is 8.42 Å². The van der Waals surface area contributed by atoms with Crippen molar-refractivity contribution in [2.24, 2.45) is 0 Å². The molecule has 0 amide bonds. The molecule has 0 aliphatic heterocycles. The minimum absolute atomic E-state index is 0.0272. The van der Waals surface area contributed by atoms with Crippen molar-refractivity contribution in [1.82, 2.24) is 4.98 Å². The zero-order chi connectivity index (χ0) is 15.6. The summed E-state index contributed by atoms with van der Waals surface area (Å²) in [6.45, 7) is 0. The van der Waals surface area contributed by atoms with Crippen LogP contribution >= 0.6 is 11.3 Å². The lowest BCUT2D eigenvalue weighted by Crippen LogP contribution is -2.33. The first-order chi connectivity index (χ1) is 9.77. The van der Waals surface area contributed by atoms with Crippen molar-refractivity contribution in [2.75, 3.05) is 0 Å². The average molecular weight is 331 g/mol. The van der Waals surface area contributed by atoms with Gasteiger partial charge in [-0.15, -0.1) is 0 Å². The Balaban J connectivity index is 2.12. The molecule has 2 N–H and O–H groups in total. The molecule has 0 spiro atoms. The molecule has 21 heavy (non-hydrogen) atoms. The fourth-order valence-corrected chi connectivity index (χ4v) is 2.94. The molecular formula is C11H9NO7S2. The molecule has 0 aliphatic rings. The summed E-state index contributed by atoms with van der Waals surface area (Å²) in [7, 11) is -4.89. The van der Waals surface area contributed by atoms with Gasteiger partial charge in [-0.05, 0) is 12.1 Å². The van der Waals surface area contributed by atoms with Crippen LogP contribution in [0.25, 0.3) is 10.2 Å². The summed E-state index contributed by atoms with van der Waals surface area (Å²) in [5.74, 6) is -2.95. The molecular weight excluding hydrogens is 322 g/mol. The van der Waals surface area contributed by atoms with Crippen molar-refractivity contribution in [3.63, 3.8) is 0 Å². The van der Waals surface area contributed by atoms with Crippen molar-refractivity contribution < 1.29 is 32.4 Å². The molecule has 0 aliphatic carbocycles. The number of nitrogens with zero attached hydrogens (tertiary/aromatic N) is 1. The zero-order valence-electron chi connectivity index (χ0n) is 10.3. The number of carbonyl (C=O) groups excluding carboxylic acids is 1. The molecule has 2 aromatic rings. The number of rotatable bonds is 5. The molecule has 0 saturated carbocycles. The normalized spacial score (nSPS) is 13.0. The second-order valence-corrected chi connectivity index (χ2v) is 6.56. The molecule has 0 saturated heterocycles. The summed E-state index contributed by atoms with van der Waals surface area (Å²) in [4.78, 5) is 26.3. The summed E-state index contributed by atoms with van der Waals surface area (Å²) in [6.07, 6.45) is -1.01. The fourth-order valence-electron chi connectivity index (χ4n) is 1.51. The average Bonchev–Trinajstić information content (AvgIpc) is 2.76.